The van der Waals surface area contributed by atoms with Crippen molar-refractivity contribution < 1.29 is 21.9 Å². The molecule has 1 unspecified atom stereocenters. The molecule has 0 bridgehead atoms. The van der Waals surface area contributed by atoms with Crippen LogP contribution in [0.15, 0.2) is 18.2 Å². The van der Waals surface area contributed by atoms with Crippen molar-refractivity contribution in [1.29, 1.82) is 0 Å². The van der Waals surface area contributed by atoms with Crippen molar-refractivity contribution in [1.82, 2.24) is 5.32 Å². The molecule has 8 heteroatoms. The number of anilines is 1. The van der Waals surface area contributed by atoms with Crippen LogP contribution in [-0.4, -0.2) is 32.5 Å². The van der Waals surface area contributed by atoms with Crippen molar-refractivity contribution in [3.05, 3.63) is 29.3 Å². The SMILES string of the molecule is O=C1NCc2cc(N3CC(CS(=O)(=O)F)CC3=O)ccc21. The van der Waals surface area contributed by atoms with Crippen LogP contribution in [0, 0.1) is 5.92 Å². The quantitative estimate of drug-likeness (QED) is 0.828. The highest BCUT2D eigenvalue weighted by Crippen LogP contribution is 2.29. The van der Waals surface area contributed by atoms with Crippen molar-refractivity contribution in [2.24, 2.45) is 5.92 Å². The highest BCUT2D eigenvalue weighted by molar-refractivity contribution is 7.86. The van der Waals surface area contributed by atoms with E-state index >= 15 is 0 Å². The van der Waals surface area contributed by atoms with Crippen LogP contribution in [0.25, 0.3) is 0 Å². The Morgan fingerprint density at radius 2 is 2.10 bits per heavy atom. The first-order valence-electron chi connectivity index (χ1n) is 6.47. The zero-order valence-electron chi connectivity index (χ0n) is 11.0. The molecule has 0 saturated carbocycles. The molecule has 0 spiro atoms. The molecule has 0 radical (unpaired) electrons. The number of benzene rings is 1. The van der Waals surface area contributed by atoms with Gasteiger partial charge in [0.25, 0.3) is 5.91 Å². The summed E-state index contributed by atoms with van der Waals surface area (Å²) in [6, 6.07) is 5.02. The summed E-state index contributed by atoms with van der Waals surface area (Å²) in [4.78, 5) is 24.9. The first-order valence-corrected chi connectivity index (χ1v) is 8.02. The molecular formula is C13H13FN2O4S. The Morgan fingerprint density at radius 3 is 2.81 bits per heavy atom. The van der Waals surface area contributed by atoms with Gasteiger partial charge in [0.1, 0.15) is 0 Å². The monoisotopic (exact) mass is 312 g/mol. The number of nitrogens with one attached hydrogen (secondary N) is 1. The minimum atomic E-state index is -4.59. The largest absolute Gasteiger partial charge is 0.348 e. The van der Waals surface area contributed by atoms with Gasteiger partial charge in [-0.3, -0.25) is 9.59 Å². The second kappa shape index (κ2) is 4.80. The van der Waals surface area contributed by atoms with Crippen molar-refractivity contribution in [3.8, 4) is 0 Å². The average molecular weight is 312 g/mol. The molecule has 1 atom stereocenters. The second-order valence-corrected chi connectivity index (χ2v) is 6.72. The van der Waals surface area contributed by atoms with Gasteiger partial charge in [-0.2, -0.15) is 8.42 Å². The Morgan fingerprint density at radius 1 is 1.33 bits per heavy atom. The molecule has 1 fully saturated rings. The van der Waals surface area contributed by atoms with Gasteiger partial charge < -0.3 is 10.2 Å². The average Bonchev–Trinajstić information content (AvgIpc) is 2.91. The molecule has 112 valence electrons. The summed E-state index contributed by atoms with van der Waals surface area (Å²) in [5.41, 5.74) is 1.98. The number of amides is 2. The zero-order chi connectivity index (χ0) is 15.2. The Hall–Kier alpha value is -1.96. The summed E-state index contributed by atoms with van der Waals surface area (Å²) in [6.07, 6.45) is 0.0113. The van der Waals surface area contributed by atoms with Crippen molar-refractivity contribution >= 4 is 27.7 Å². The van der Waals surface area contributed by atoms with Gasteiger partial charge >= 0.3 is 10.2 Å². The van der Waals surface area contributed by atoms with Gasteiger partial charge in [-0.15, -0.1) is 3.89 Å². The number of carbonyl (C=O) groups is 2. The topological polar surface area (TPSA) is 83.6 Å². The van der Waals surface area contributed by atoms with Crippen LogP contribution in [0.4, 0.5) is 9.57 Å². The van der Waals surface area contributed by atoms with Crippen LogP contribution >= 0.6 is 0 Å². The van der Waals surface area contributed by atoms with E-state index in [0.717, 1.165) is 5.56 Å². The number of nitrogens with zero attached hydrogens (tertiary/aromatic N) is 1. The van der Waals surface area contributed by atoms with E-state index in [1.807, 2.05) is 0 Å². The van der Waals surface area contributed by atoms with Crippen LogP contribution in [0.5, 0.6) is 0 Å². The highest BCUT2D eigenvalue weighted by Gasteiger charge is 2.34. The minimum absolute atomic E-state index is 0.0113. The van der Waals surface area contributed by atoms with Crippen LogP contribution in [0.2, 0.25) is 0 Å². The number of halogens is 1. The molecule has 1 N–H and O–H groups in total. The van der Waals surface area contributed by atoms with Crippen LogP contribution in [-0.2, 0) is 21.6 Å². The second-order valence-electron chi connectivity index (χ2n) is 5.30. The van der Waals surface area contributed by atoms with Gasteiger partial charge in [-0.25, -0.2) is 0 Å². The standard InChI is InChI=1S/C13H13FN2O4S/c14-21(19,20)7-8-3-12(17)16(6-8)10-1-2-11-9(4-10)5-15-13(11)18/h1-2,4,8H,3,5-7H2,(H,15,18). The summed E-state index contributed by atoms with van der Waals surface area (Å²) < 4.78 is 34.1. The molecule has 1 saturated heterocycles. The number of rotatable bonds is 3. The third kappa shape index (κ3) is 2.76. The lowest BCUT2D eigenvalue weighted by Gasteiger charge is -2.17. The minimum Gasteiger partial charge on any atom is -0.348 e. The van der Waals surface area contributed by atoms with Gasteiger partial charge in [0, 0.05) is 36.7 Å². The van der Waals surface area contributed by atoms with E-state index in [9.17, 15) is 21.9 Å². The number of fused-ring (bicyclic) bond motifs is 1. The first-order chi connectivity index (χ1) is 9.83. The Kier molecular flexibility index (Phi) is 3.20. The predicted molar refractivity (Wildman–Crippen MR) is 73.0 cm³/mol. The maximum atomic E-state index is 12.7. The van der Waals surface area contributed by atoms with Crippen molar-refractivity contribution in [2.45, 2.75) is 13.0 Å². The zero-order valence-corrected chi connectivity index (χ0v) is 11.8. The van der Waals surface area contributed by atoms with E-state index < -0.39 is 21.9 Å². The lowest BCUT2D eigenvalue weighted by Crippen LogP contribution is -2.25. The van der Waals surface area contributed by atoms with E-state index in [0.29, 0.717) is 17.8 Å². The van der Waals surface area contributed by atoms with Gasteiger partial charge in [-0.1, -0.05) is 0 Å². The van der Waals surface area contributed by atoms with E-state index in [1.54, 1.807) is 18.2 Å². The van der Waals surface area contributed by atoms with Crippen LogP contribution in [0.1, 0.15) is 22.3 Å². The molecule has 2 heterocycles. The fourth-order valence-corrected chi connectivity index (χ4v) is 3.60. The highest BCUT2D eigenvalue weighted by atomic mass is 32.3. The molecule has 6 nitrogen and oxygen atoms in total. The predicted octanol–water partition coefficient (Wildman–Crippen LogP) is 0.582. The van der Waals surface area contributed by atoms with E-state index in [1.165, 1.54) is 4.90 Å². The first kappa shape index (κ1) is 14.0. The lowest BCUT2D eigenvalue weighted by atomic mass is 10.1. The Labute approximate surface area is 121 Å². The van der Waals surface area contributed by atoms with E-state index in [-0.39, 0.29) is 24.8 Å². The summed E-state index contributed by atoms with van der Waals surface area (Å²) >= 11 is 0. The summed E-state index contributed by atoms with van der Waals surface area (Å²) in [7, 11) is -4.59. The summed E-state index contributed by atoms with van der Waals surface area (Å²) in [6.45, 7) is 0.578. The molecule has 0 aliphatic carbocycles. The molecular weight excluding hydrogens is 299 g/mol. The Bertz CT molecular complexity index is 732. The lowest BCUT2D eigenvalue weighted by molar-refractivity contribution is -0.117. The third-order valence-electron chi connectivity index (χ3n) is 3.72. The number of hydrogen-bond acceptors (Lipinski definition) is 4. The molecule has 1 aromatic carbocycles. The number of carbonyl (C=O) groups excluding carboxylic acids is 2. The molecule has 0 aromatic heterocycles. The fourth-order valence-electron chi connectivity index (χ4n) is 2.81. The normalized spacial score (nSPS) is 21.6. The Balaban J connectivity index is 1.82. The van der Waals surface area contributed by atoms with E-state index in [2.05, 4.69) is 5.32 Å². The molecule has 2 aliphatic heterocycles. The maximum Gasteiger partial charge on any atom is 0.302 e. The number of hydrogen-bond donors (Lipinski definition) is 1. The molecule has 3 rings (SSSR count). The van der Waals surface area contributed by atoms with Crippen LogP contribution < -0.4 is 10.2 Å². The van der Waals surface area contributed by atoms with Gasteiger partial charge in [0.2, 0.25) is 5.91 Å². The molecule has 1 aromatic rings. The summed E-state index contributed by atoms with van der Waals surface area (Å²) in [5.74, 6) is -1.56. The fraction of sp³-hybridized carbons (Fsp3) is 0.385. The van der Waals surface area contributed by atoms with Crippen LogP contribution in [0.3, 0.4) is 0 Å². The van der Waals surface area contributed by atoms with Crippen molar-refractivity contribution in [3.63, 3.8) is 0 Å². The van der Waals surface area contributed by atoms with Crippen molar-refractivity contribution in [2.75, 3.05) is 17.2 Å². The maximum absolute atomic E-state index is 12.7. The van der Waals surface area contributed by atoms with Gasteiger partial charge in [-0.05, 0) is 23.8 Å². The van der Waals surface area contributed by atoms with Gasteiger partial charge in [0.05, 0.1) is 5.75 Å². The third-order valence-corrected chi connectivity index (χ3v) is 4.59. The molecule has 2 aliphatic rings. The smallest absolute Gasteiger partial charge is 0.302 e. The molecule has 21 heavy (non-hydrogen) atoms. The molecule has 2 amide bonds. The van der Waals surface area contributed by atoms with Gasteiger partial charge in [0.15, 0.2) is 0 Å². The van der Waals surface area contributed by atoms with E-state index in [4.69, 9.17) is 0 Å². The summed E-state index contributed by atoms with van der Waals surface area (Å²) in [5, 5.41) is 2.68.